The number of hydrogen-bond donors (Lipinski definition) is 0. The van der Waals surface area contributed by atoms with Gasteiger partial charge in [0, 0.05) is 65.9 Å². The van der Waals surface area contributed by atoms with Gasteiger partial charge in [-0.05, 0) is 30.5 Å². The first-order valence-electron chi connectivity index (χ1n) is 10.3. The van der Waals surface area contributed by atoms with Gasteiger partial charge in [-0.1, -0.05) is 6.07 Å². The summed E-state index contributed by atoms with van der Waals surface area (Å²) in [6.45, 7) is 5.53. The summed E-state index contributed by atoms with van der Waals surface area (Å²) in [6, 6.07) is 6.40. The number of fused-ring (bicyclic) bond motifs is 1. The Morgan fingerprint density at radius 2 is 1.96 bits per heavy atom. The number of carbonyl (C=O) groups excluding carboxylic acids is 1. The van der Waals surface area contributed by atoms with Gasteiger partial charge in [0.05, 0.1) is 17.9 Å². The summed E-state index contributed by atoms with van der Waals surface area (Å²) in [5, 5.41) is 4.72. The third kappa shape index (κ3) is 4.35. The molecule has 2 aromatic rings. The van der Waals surface area contributed by atoms with Crippen molar-refractivity contribution in [2.24, 2.45) is 0 Å². The van der Waals surface area contributed by atoms with E-state index in [1.807, 2.05) is 30.1 Å². The van der Waals surface area contributed by atoms with Gasteiger partial charge < -0.3 is 9.80 Å². The minimum Gasteiger partial charge on any atom is -0.363 e. The lowest BCUT2D eigenvalue weighted by molar-refractivity contribution is -0.130. The van der Waals surface area contributed by atoms with Crippen LogP contribution >= 0.6 is 0 Å². The van der Waals surface area contributed by atoms with Gasteiger partial charge in [0.25, 0.3) is 0 Å². The maximum Gasteiger partial charge on any atom is 0.222 e. The average Bonchev–Trinajstić information content (AvgIpc) is 3.36. The van der Waals surface area contributed by atoms with E-state index < -0.39 is 0 Å². The Balaban J connectivity index is 1.32. The minimum absolute atomic E-state index is 0.277. The Hall–Kier alpha value is -2.41. The van der Waals surface area contributed by atoms with Gasteiger partial charge in [-0.2, -0.15) is 5.10 Å². The van der Waals surface area contributed by atoms with Crippen molar-refractivity contribution in [2.45, 2.75) is 45.3 Å². The maximum atomic E-state index is 12.3. The van der Waals surface area contributed by atoms with Gasteiger partial charge in [-0.3, -0.25) is 14.4 Å². The lowest BCUT2D eigenvalue weighted by Crippen LogP contribution is -2.33. The van der Waals surface area contributed by atoms with Gasteiger partial charge in [-0.25, -0.2) is 4.98 Å². The van der Waals surface area contributed by atoms with Crippen molar-refractivity contribution in [1.82, 2.24) is 24.6 Å². The third-order valence-electron chi connectivity index (χ3n) is 5.65. The van der Waals surface area contributed by atoms with Crippen LogP contribution in [0.3, 0.4) is 0 Å². The summed E-state index contributed by atoms with van der Waals surface area (Å²) in [5.41, 5.74) is 3.52. The largest absolute Gasteiger partial charge is 0.363 e. The molecule has 0 unspecified atom stereocenters. The summed E-state index contributed by atoms with van der Waals surface area (Å²) in [7, 11) is 4.01. The molecule has 0 atom stereocenters. The molecule has 7 nitrogen and oxygen atoms in total. The molecule has 0 bridgehead atoms. The second-order valence-electron chi connectivity index (χ2n) is 8.07. The third-order valence-corrected chi connectivity index (χ3v) is 5.65. The standard InChI is InChI=1S/C21H30N6O/c1-24(2)20-7-5-17(14-22-20)15-25-11-12-27-19(16-25)13-18(23-27)6-8-21(28)26-9-3-4-10-26/h5,7,13-14H,3-4,6,8-12,15-16H2,1-2H3. The van der Waals surface area contributed by atoms with Crippen LogP contribution in [0, 0.1) is 0 Å². The zero-order valence-corrected chi connectivity index (χ0v) is 17.0. The Morgan fingerprint density at radius 1 is 1.14 bits per heavy atom. The zero-order valence-electron chi connectivity index (χ0n) is 17.0. The van der Waals surface area contributed by atoms with E-state index in [4.69, 9.17) is 5.10 Å². The van der Waals surface area contributed by atoms with Gasteiger partial charge in [0.15, 0.2) is 0 Å². The molecule has 2 aliphatic rings. The molecular weight excluding hydrogens is 352 g/mol. The topological polar surface area (TPSA) is 57.5 Å². The Bertz CT molecular complexity index is 807. The monoisotopic (exact) mass is 382 g/mol. The van der Waals surface area contributed by atoms with Gasteiger partial charge in [-0.15, -0.1) is 0 Å². The molecule has 0 spiro atoms. The van der Waals surface area contributed by atoms with E-state index in [9.17, 15) is 4.79 Å². The fourth-order valence-electron chi connectivity index (χ4n) is 4.03. The molecule has 2 aliphatic heterocycles. The molecule has 4 heterocycles. The molecule has 0 aromatic carbocycles. The predicted octanol–water partition coefficient (Wildman–Crippen LogP) is 1.91. The highest BCUT2D eigenvalue weighted by atomic mass is 16.2. The minimum atomic E-state index is 0.277. The SMILES string of the molecule is CN(C)c1ccc(CN2CCn3nc(CCC(=O)N4CCCC4)cc3C2)cn1. The number of aryl methyl sites for hydroxylation is 1. The molecule has 0 N–H and O–H groups in total. The number of aromatic nitrogens is 3. The number of anilines is 1. The first kappa shape index (κ1) is 18.9. The number of hydrogen-bond acceptors (Lipinski definition) is 5. The lowest BCUT2D eigenvalue weighted by atomic mass is 10.2. The highest BCUT2D eigenvalue weighted by Crippen LogP contribution is 2.18. The highest BCUT2D eigenvalue weighted by Gasteiger charge is 2.21. The first-order chi connectivity index (χ1) is 13.6. The molecule has 0 radical (unpaired) electrons. The van der Waals surface area contributed by atoms with Gasteiger partial charge in [0.1, 0.15) is 5.82 Å². The number of pyridine rings is 1. The second kappa shape index (κ2) is 8.31. The van der Waals surface area contributed by atoms with Crippen LogP contribution in [0.4, 0.5) is 5.82 Å². The van der Waals surface area contributed by atoms with Gasteiger partial charge in [0.2, 0.25) is 5.91 Å². The van der Waals surface area contributed by atoms with Crippen molar-refractivity contribution in [1.29, 1.82) is 0 Å². The first-order valence-corrected chi connectivity index (χ1v) is 10.3. The quantitative estimate of drug-likeness (QED) is 0.764. The van der Waals surface area contributed by atoms with E-state index in [-0.39, 0.29) is 5.91 Å². The number of rotatable bonds is 6. The number of nitrogens with zero attached hydrogens (tertiary/aromatic N) is 6. The van der Waals surface area contributed by atoms with E-state index in [0.717, 1.165) is 70.0 Å². The van der Waals surface area contributed by atoms with Crippen molar-refractivity contribution in [3.05, 3.63) is 41.3 Å². The van der Waals surface area contributed by atoms with E-state index in [0.29, 0.717) is 6.42 Å². The van der Waals surface area contributed by atoms with Crippen molar-refractivity contribution in [3.8, 4) is 0 Å². The highest BCUT2D eigenvalue weighted by molar-refractivity contribution is 5.76. The molecule has 2 aromatic heterocycles. The van der Waals surface area contributed by atoms with E-state index in [1.165, 1.54) is 11.3 Å². The lowest BCUT2D eigenvalue weighted by Gasteiger charge is -2.27. The molecule has 150 valence electrons. The molecular formula is C21H30N6O. The summed E-state index contributed by atoms with van der Waals surface area (Å²) in [5.74, 6) is 1.26. The predicted molar refractivity (Wildman–Crippen MR) is 109 cm³/mol. The number of likely N-dealkylation sites (tertiary alicyclic amines) is 1. The van der Waals surface area contributed by atoms with Crippen LogP contribution in [-0.4, -0.2) is 64.2 Å². The Kier molecular flexibility index (Phi) is 5.62. The van der Waals surface area contributed by atoms with Crippen molar-refractivity contribution in [2.75, 3.05) is 38.6 Å². The molecule has 4 rings (SSSR count). The van der Waals surface area contributed by atoms with Crippen LogP contribution in [0.1, 0.15) is 36.2 Å². The number of amides is 1. The van der Waals surface area contributed by atoms with Crippen LogP contribution in [0.5, 0.6) is 0 Å². The zero-order chi connectivity index (χ0) is 19.5. The van der Waals surface area contributed by atoms with Crippen molar-refractivity contribution >= 4 is 11.7 Å². The van der Waals surface area contributed by atoms with E-state index >= 15 is 0 Å². The Morgan fingerprint density at radius 3 is 2.68 bits per heavy atom. The van der Waals surface area contributed by atoms with Crippen LogP contribution in [0.25, 0.3) is 0 Å². The van der Waals surface area contributed by atoms with Crippen LogP contribution < -0.4 is 4.90 Å². The van der Waals surface area contributed by atoms with E-state index in [2.05, 4.69) is 32.8 Å². The molecule has 7 heteroatoms. The number of carbonyl (C=O) groups is 1. The smallest absolute Gasteiger partial charge is 0.222 e. The molecule has 28 heavy (non-hydrogen) atoms. The average molecular weight is 383 g/mol. The normalized spacial score (nSPS) is 17.0. The molecule has 1 amide bonds. The summed E-state index contributed by atoms with van der Waals surface area (Å²) < 4.78 is 2.11. The van der Waals surface area contributed by atoms with Crippen LogP contribution in [0.2, 0.25) is 0 Å². The molecule has 0 aliphatic carbocycles. The second-order valence-corrected chi connectivity index (χ2v) is 8.07. The fraction of sp³-hybridized carbons (Fsp3) is 0.571. The van der Waals surface area contributed by atoms with Crippen LogP contribution in [-0.2, 0) is 30.8 Å². The Labute approximate surface area is 166 Å². The maximum absolute atomic E-state index is 12.3. The van der Waals surface area contributed by atoms with E-state index in [1.54, 1.807) is 0 Å². The summed E-state index contributed by atoms with van der Waals surface area (Å²) >= 11 is 0. The van der Waals surface area contributed by atoms with Gasteiger partial charge >= 0.3 is 0 Å². The fourth-order valence-corrected chi connectivity index (χ4v) is 4.03. The molecule has 1 saturated heterocycles. The van der Waals surface area contributed by atoms with Crippen molar-refractivity contribution < 1.29 is 4.79 Å². The van der Waals surface area contributed by atoms with Crippen molar-refractivity contribution in [3.63, 3.8) is 0 Å². The van der Waals surface area contributed by atoms with Crippen LogP contribution in [0.15, 0.2) is 24.4 Å². The summed E-state index contributed by atoms with van der Waals surface area (Å²) in [6.07, 6.45) is 5.58. The molecule has 1 fully saturated rings. The molecule has 0 saturated carbocycles. The summed E-state index contributed by atoms with van der Waals surface area (Å²) in [4.78, 5) is 23.2.